The second kappa shape index (κ2) is 6.37. The fraction of sp³-hybridized carbons (Fsp3) is 0.524. The van der Waals surface area contributed by atoms with Crippen LogP contribution in [0.15, 0.2) is 36.5 Å². The van der Waals surface area contributed by atoms with E-state index in [9.17, 15) is 13.6 Å². The monoisotopic (exact) mass is 387 g/mol. The number of rotatable bonds is 3. The molecule has 0 N–H and O–H groups in total. The van der Waals surface area contributed by atoms with E-state index in [4.69, 9.17) is 9.84 Å². The number of alkyl halides is 2. The number of nitrogens with zero attached hydrogens (tertiary/aromatic N) is 3. The van der Waals surface area contributed by atoms with E-state index in [1.54, 1.807) is 4.90 Å². The molecule has 3 aliphatic rings. The zero-order valence-electron chi connectivity index (χ0n) is 15.6. The SMILES string of the molecule is O=C(CC1CC1(F)F)N1CCC2(CC1)OCCc1cn(-c3ccccc3)nc12. The van der Waals surface area contributed by atoms with E-state index >= 15 is 0 Å². The number of fused-ring (bicyclic) bond motifs is 2. The summed E-state index contributed by atoms with van der Waals surface area (Å²) in [5.74, 6) is -3.57. The third kappa shape index (κ3) is 3.02. The number of halogens is 2. The van der Waals surface area contributed by atoms with E-state index in [2.05, 4.69) is 6.20 Å². The first-order chi connectivity index (χ1) is 13.5. The Balaban J connectivity index is 1.31. The highest BCUT2D eigenvalue weighted by atomic mass is 19.3. The minimum Gasteiger partial charge on any atom is -0.368 e. The first-order valence-corrected chi connectivity index (χ1v) is 9.91. The summed E-state index contributed by atoms with van der Waals surface area (Å²) < 4.78 is 34.3. The molecule has 5 nitrogen and oxygen atoms in total. The van der Waals surface area contributed by atoms with Crippen LogP contribution in [0.4, 0.5) is 8.78 Å². The molecule has 5 rings (SSSR count). The van der Waals surface area contributed by atoms with Crippen molar-refractivity contribution in [3.05, 3.63) is 47.8 Å². The van der Waals surface area contributed by atoms with Crippen LogP contribution in [-0.4, -0.2) is 46.2 Å². The number of hydrogen-bond acceptors (Lipinski definition) is 3. The minimum absolute atomic E-state index is 0.0469. The Morgan fingerprint density at radius 2 is 1.93 bits per heavy atom. The quantitative estimate of drug-likeness (QED) is 0.812. The number of para-hydroxylation sites is 1. The summed E-state index contributed by atoms with van der Waals surface area (Å²) in [5, 5.41) is 4.83. The molecule has 1 saturated carbocycles. The molecule has 2 aromatic rings. The number of benzene rings is 1. The lowest BCUT2D eigenvalue weighted by Crippen LogP contribution is -2.48. The molecule has 2 aliphatic heterocycles. The highest BCUT2D eigenvalue weighted by molar-refractivity contribution is 5.77. The second-order valence-electron chi connectivity index (χ2n) is 8.12. The molecule has 28 heavy (non-hydrogen) atoms. The zero-order chi connectivity index (χ0) is 19.4. The van der Waals surface area contributed by atoms with Gasteiger partial charge in [-0.25, -0.2) is 13.5 Å². The molecule has 1 spiro atoms. The van der Waals surface area contributed by atoms with Crippen molar-refractivity contribution in [3.8, 4) is 5.69 Å². The third-order valence-electron chi connectivity index (χ3n) is 6.29. The third-order valence-corrected chi connectivity index (χ3v) is 6.29. The van der Waals surface area contributed by atoms with Crippen LogP contribution in [0.3, 0.4) is 0 Å². The lowest BCUT2D eigenvalue weighted by Gasteiger charge is -2.43. The van der Waals surface area contributed by atoms with Crippen LogP contribution in [0.25, 0.3) is 5.69 Å². The van der Waals surface area contributed by atoms with E-state index in [1.807, 2.05) is 35.0 Å². The van der Waals surface area contributed by atoms with Crippen LogP contribution in [0, 0.1) is 5.92 Å². The first-order valence-electron chi connectivity index (χ1n) is 9.91. The molecular formula is C21H23F2N3O2. The molecule has 1 aromatic heterocycles. The Labute approximate surface area is 162 Å². The average molecular weight is 387 g/mol. The Bertz CT molecular complexity index is 888. The van der Waals surface area contributed by atoms with Crippen LogP contribution >= 0.6 is 0 Å². The summed E-state index contributed by atoms with van der Waals surface area (Å²) >= 11 is 0. The van der Waals surface area contributed by atoms with Gasteiger partial charge in [-0.05, 0) is 37.0 Å². The van der Waals surface area contributed by atoms with Crippen molar-refractivity contribution < 1.29 is 18.3 Å². The highest BCUT2D eigenvalue weighted by Crippen LogP contribution is 2.51. The number of piperidine rings is 1. The molecule has 2 fully saturated rings. The van der Waals surface area contributed by atoms with E-state index in [0.717, 1.165) is 17.8 Å². The van der Waals surface area contributed by atoms with Crippen molar-refractivity contribution >= 4 is 5.91 Å². The minimum atomic E-state index is -2.64. The highest BCUT2D eigenvalue weighted by Gasteiger charge is 2.57. The van der Waals surface area contributed by atoms with Gasteiger partial charge in [-0.2, -0.15) is 5.10 Å². The molecule has 1 aliphatic carbocycles. The van der Waals surface area contributed by atoms with E-state index in [0.29, 0.717) is 32.5 Å². The Morgan fingerprint density at radius 1 is 1.21 bits per heavy atom. The summed E-state index contributed by atoms with van der Waals surface area (Å²) in [5.41, 5.74) is 2.68. The van der Waals surface area contributed by atoms with E-state index in [1.165, 1.54) is 5.56 Å². The van der Waals surface area contributed by atoms with Gasteiger partial charge in [0.15, 0.2) is 0 Å². The van der Waals surface area contributed by atoms with Crippen molar-refractivity contribution in [1.82, 2.24) is 14.7 Å². The predicted molar refractivity (Wildman–Crippen MR) is 98.4 cm³/mol. The maximum absolute atomic E-state index is 13.1. The maximum Gasteiger partial charge on any atom is 0.252 e. The topological polar surface area (TPSA) is 47.4 Å². The van der Waals surface area contributed by atoms with Gasteiger partial charge in [-0.1, -0.05) is 18.2 Å². The van der Waals surface area contributed by atoms with Crippen molar-refractivity contribution in [2.75, 3.05) is 19.7 Å². The number of likely N-dealkylation sites (tertiary alicyclic amines) is 1. The van der Waals surface area contributed by atoms with Gasteiger partial charge in [-0.3, -0.25) is 4.79 Å². The van der Waals surface area contributed by atoms with Gasteiger partial charge >= 0.3 is 0 Å². The number of carbonyl (C=O) groups is 1. The summed E-state index contributed by atoms with van der Waals surface area (Å²) in [4.78, 5) is 14.1. The molecule has 1 aromatic carbocycles. The van der Waals surface area contributed by atoms with Gasteiger partial charge in [-0.15, -0.1) is 0 Å². The molecule has 7 heteroatoms. The van der Waals surface area contributed by atoms with Crippen LogP contribution in [-0.2, 0) is 21.6 Å². The van der Waals surface area contributed by atoms with Gasteiger partial charge in [0.2, 0.25) is 5.91 Å². The van der Waals surface area contributed by atoms with Crippen LogP contribution in [0.5, 0.6) is 0 Å². The number of hydrogen-bond donors (Lipinski definition) is 0. The normalized spacial score (nSPS) is 24.8. The van der Waals surface area contributed by atoms with Crippen LogP contribution < -0.4 is 0 Å². The number of ether oxygens (including phenoxy) is 1. The molecular weight excluding hydrogens is 364 g/mol. The average Bonchev–Trinajstić information content (AvgIpc) is 3.10. The standard InChI is InChI=1S/C21H23F2N3O2/c22-21(23)13-16(21)12-18(27)25-9-7-20(8-10-25)19-15(6-11-28-20)14-26(24-19)17-4-2-1-3-5-17/h1-5,14,16H,6-13H2. The lowest BCUT2D eigenvalue weighted by molar-refractivity contribution is -0.142. The molecule has 0 bridgehead atoms. The van der Waals surface area contributed by atoms with E-state index in [-0.39, 0.29) is 18.7 Å². The van der Waals surface area contributed by atoms with Crippen LogP contribution in [0.2, 0.25) is 0 Å². The lowest BCUT2D eigenvalue weighted by atomic mass is 9.83. The van der Waals surface area contributed by atoms with Crippen molar-refractivity contribution in [1.29, 1.82) is 0 Å². The van der Waals surface area contributed by atoms with Crippen LogP contribution in [0.1, 0.15) is 36.9 Å². The zero-order valence-corrected chi connectivity index (χ0v) is 15.6. The second-order valence-corrected chi connectivity index (χ2v) is 8.12. The fourth-order valence-electron chi connectivity index (χ4n) is 4.44. The molecule has 0 radical (unpaired) electrons. The summed E-state index contributed by atoms with van der Waals surface area (Å²) in [6.07, 6.45) is 4.00. The van der Waals surface area contributed by atoms with E-state index < -0.39 is 17.4 Å². The molecule has 1 saturated heterocycles. The summed E-state index contributed by atoms with van der Waals surface area (Å²) in [6, 6.07) is 9.97. The number of amides is 1. The van der Waals surface area contributed by atoms with Gasteiger partial charge in [0.1, 0.15) is 5.60 Å². The predicted octanol–water partition coefficient (Wildman–Crippen LogP) is 3.31. The maximum atomic E-state index is 13.1. The number of carbonyl (C=O) groups excluding carboxylic acids is 1. The number of aromatic nitrogens is 2. The molecule has 148 valence electrons. The molecule has 1 amide bonds. The van der Waals surface area contributed by atoms with Gasteiger partial charge < -0.3 is 9.64 Å². The Morgan fingerprint density at radius 3 is 2.61 bits per heavy atom. The Hall–Kier alpha value is -2.28. The largest absolute Gasteiger partial charge is 0.368 e. The summed E-state index contributed by atoms with van der Waals surface area (Å²) in [6.45, 7) is 1.68. The first kappa shape index (κ1) is 17.8. The molecule has 1 unspecified atom stereocenters. The molecule has 3 heterocycles. The molecule has 1 atom stereocenters. The van der Waals surface area contributed by atoms with Crippen molar-refractivity contribution in [3.63, 3.8) is 0 Å². The smallest absolute Gasteiger partial charge is 0.252 e. The van der Waals surface area contributed by atoms with Gasteiger partial charge in [0.05, 0.1) is 18.0 Å². The van der Waals surface area contributed by atoms with Crippen molar-refractivity contribution in [2.24, 2.45) is 5.92 Å². The van der Waals surface area contributed by atoms with Gasteiger partial charge in [0, 0.05) is 38.0 Å². The summed E-state index contributed by atoms with van der Waals surface area (Å²) in [7, 11) is 0. The van der Waals surface area contributed by atoms with Gasteiger partial charge in [0.25, 0.3) is 5.92 Å². The Kier molecular flexibility index (Phi) is 4.05. The van der Waals surface area contributed by atoms with Crippen molar-refractivity contribution in [2.45, 2.75) is 43.6 Å². The fourth-order valence-corrected chi connectivity index (χ4v) is 4.44.